The Bertz CT molecular complexity index is 907. The highest BCUT2D eigenvalue weighted by Gasteiger charge is 2.16. The predicted molar refractivity (Wildman–Crippen MR) is 74.8 cm³/mol. The number of pyridine rings is 1. The average molecular weight is 272 g/mol. The van der Waals surface area contributed by atoms with Crippen LogP contribution in [-0.2, 0) is 13.6 Å². The third kappa shape index (κ3) is 1.52. The van der Waals surface area contributed by atoms with E-state index in [1.54, 1.807) is 23.9 Å². The quantitative estimate of drug-likeness (QED) is 0.526. The number of benzene rings is 1. The number of aryl methyl sites for hydroxylation is 2. The lowest BCUT2D eigenvalue weighted by atomic mass is 10.1. The second-order valence-corrected chi connectivity index (χ2v) is 4.54. The summed E-state index contributed by atoms with van der Waals surface area (Å²) in [6, 6.07) is 4.52. The Morgan fingerprint density at radius 3 is 2.75 bits per heavy atom. The van der Waals surface area contributed by atoms with Crippen LogP contribution in [-0.4, -0.2) is 19.3 Å². The molecule has 7 heteroatoms. The maximum atomic E-state index is 12.4. The van der Waals surface area contributed by atoms with E-state index >= 15 is 0 Å². The van der Waals surface area contributed by atoms with E-state index in [1.807, 2.05) is 6.92 Å². The van der Waals surface area contributed by atoms with Gasteiger partial charge in [0.25, 0.3) is 11.2 Å². The molecule has 20 heavy (non-hydrogen) atoms. The molecule has 0 unspecified atom stereocenters. The number of aromatic nitrogens is 3. The molecule has 0 saturated carbocycles. The van der Waals surface area contributed by atoms with Gasteiger partial charge in [-0.2, -0.15) is 5.10 Å². The molecule has 0 aliphatic carbocycles. The predicted octanol–water partition coefficient (Wildman–Crippen LogP) is 1.82. The number of hydrogen-bond donors (Lipinski definition) is 0. The molecule has 0 N–H and O–H groups in total. The molecule has 2 aromatic heterocycles. The molecule has 7 nitrogen and oxygen atoms in total. The molecule has 102 valence electrons. The molecule has 0 radical (unpaired) electrons. The Hall–Kier alpha value is -2.70. The molecule has 3 rings (SSSR count). The molecule has 3 aromatic rings. The first kappa shape index (κ1) is 12.3. The maximum Gasteiger partial charge on any atom is 0.277 e. The molecule has 0 amide bonds. The fourth-order valence-corrected chi connectivity index (χ4v) is 2.53. The van der Waals surface area contributed by atoms with E-state index in [0.717, 1.165) is 0 Å². The van der Waals surface area contributed by atoms with Crippen LogP contribution in [0.3, 0.4) is 0 Å². The van der Waals surface area contributed by atoms with Crippen LogP contribution < -0.4 is 5.56 Å². The molecule has 0 spiro atoms. The van der Waals surface area contributed by atoms with Crippen molar-refractivity contribution in [3.8, 4) is 0 Å². The summed E-state index contributed by atoms with van der Waals surface area (Å²) < 4.78 is 3.10. The third-order valence-electron chi connectivity index (χ3n) is 3.47. The zero-order valence-corrected chi connectivity index (χ0v) is 11.0. The first-order valence-corrected chi connectivity index (χ1v) is 6.17. The normalized spacial score (nSPS) is 11.3. The van der Waals surface area contributed by atoms with Gasteiger partial charge in [-0.25, -0.2) is 0 Å². The van der Waals surface area contributed by atoms with Crippen molar-refractivity contribution in [2.45, 2.75) is 13.5 Å². The summed E-state index contributed by atoms with van der Waals surface area (Å²) in [6.45, 7) is 2.36. The zero-order chi connectivity index (χ0) is 14.4. The number of hydrogen-bond acceptors (Lipinski definition) is 4. The molecule has 0 aliphatic rings. The van der Waals surface area contributed by atoms with Gasteiger partial charge in [-0.15, -0.1) is 0 Å². The van der Waals surface area contributed by atoms with Gasteiger partial charge in [-0.3, -0.25) is 19.6 Å². The Labute approximate surface area is 113 Å². The van der Waals surface area contributed by atoms with E-state index in [1.165, 1.54) is 16.8 Å². The monoisotopic (exact) mass is 272 g/mol. The lowest BCUT2D eigenvalue weighted by molar-refractivity contribution is -0.384. The van der Waals surface area contributed by atoms with Crippen LogP contribution in [0.15, 0.2) is 29.2 Å². The number of rotatable bonds is 2. The van der Waals surface area contributed by atoms with Crippen molar-refractivity contribution in [1.29, 1.82) is 0 Å². The van der Waals surface area contributed by atoms with Crippen LogP contribution in [0.2, 0.25) is 0 Å². The summed E-state index contributed by atoms with van der Waals surface area (Å²) in [5, 5.41) is 16.3. The van der Waals surface area contributed by atoms with Crippen LogP contribution in [0.5, 0.6) is 0 Å². The van der Waals surface area contributed by atoms with Crippen molar-refractivity contribution in [3.05, 3.63) is 44.9 Å². The van der Waals surface area contributed by atoms with Crippen LogP contribution in [0.25, 0.3) is 21.8 Å². The molecule has 0 atom stereocenters. The van der Waals surface area contributed by atoms with Crippen molar-refractivity contribution >= 4 is 27.5 Å². The van der Waals surface area contributed by atoms with E-state index in [2.05, 4.69) is 5.10 Å². The van der Waals surface area contributed by atoms with Gasteiger partial charge in [-0.05, 0) is 13.0 Å². The topological polar surface area (TPSA) is 83.0 Å². The Kier molecular flexibility index (Phi) is 2.56. The second-order valence-electron chi connectivity index (χ2n) is 4.54. The van der Waals surface area contributed by atoms with Gasteiger partial charge in [0, 0.05) is 36.5 Å². The highest BCUT2D eigenvalue weighted by Crippen LogP contribution is 2.26. The molecule has 0 saturated heterocycles. The number of nitrogens with zero attached hydrogens (tertiary/aromatic N) is 4. The van der Waals surface area contributed by atoms with Crippen LogP contribution >= 0.6 is 0 Å². The lowest BCUT2D eigenvalue weighted by Crippen LogP contribution is -2.21. The van der Waals surface area contributed by atoms with E-state index < -0.39 is 4.92 Å². The van der Waals surface area contributed by atoms with Crippen molar-refractivity contribution in [1.82, 2.24) is 14.3 Å². The van der Waals surface area contributed by atoms with Crippen molar-refractivity contribution in [2.75, 3.05) is 0 Å². The Morgan fingerprint density at radius 1 is 1.35 bits per heavy atom. The minimum atomic E-state index is -0.441. The van der Waals surface area contributed by atoms with E-state index in [4.69, 9.17) is 0 Å². The van der Waals surface area contributed by atoms with Crippen LogP contribution in [0.4, 0.5) is 5.69 Å². The number of non-ortho nitro benzene ring substituents is 1. The van der Waals surface area contributed by atoms with E-state index in [-0.39, 0.29) is 11.2 Å². The zero-order valence-electron chi connectivity index (χ0n) is 11.0. The second kappa shape index (κ2) is 4.16. The van der Waals surface area contributed by atoms with Gasteiger partial charge in [0.1, 0.15) is 5.52 Å². The molecule has 2 heterocycles. The standard InChI is InChI=1S/C13H12N4O3/c1-3-16-11-5-4-8(17(19)20)6-9(11)10-7-14-15(2)12(10)13(16)18/h4-7H,3H2,1-2H3. The fourth-order valence-electron chi connectivity index (χ4n) is 2.53. The SMILES string of the molecule is CCn1c(=O)c2c(cnn2C)c2cc([N+](=O)[O-])ccc21. The summed E-state index contributed by atoms with van der Waals surface area (Å²) in [5.41, 5.74) is 1.01. The Balaban J connectivity index is 2.59. The minimum Gasteiger partial charge on any atom is -0.307 e. The summed E-state index contributed by atoms with van der Waals surface area (Å²) in [7, 11) is 1.69. The molecular formula is C13H12N4O3. The molecule has 1 aromatic carbocycles. The third-order valence-corrected chi connectivity index (χ3v) is 3.47. The van der Waals surface area contributed by atoms with Gasteiger partial charge >= 0.3 is 0 Å². The number of nitro groups is 1. The molecular weight excluding hydrogens is 260 g/mol. The van der Waals surface area contributed by atoms with Gasteiger partial charge in [0.2, 0.25) is 0 Å². The van der Waals surface area contributed by atoms with Gasteiger partial charge < -0.3 is 4.57 Å². The lowest BCUT2D eigenvalue weighted by Gasteiger charge is -2.09. The summed E-state index contributed by atoms with van der Waals surface area (Å²) in [6.07, 6.45) is 1.57. The minimum absolute atomic E-state index is 0.00366. The van der Waals surface area contributed by atoms with Crippen molar-refractivity contribution in [3.63, 3.8) is 0 Å². The largest absolute Gasteiger partial charge is 0.307 e. The summed E-state index contributed by atoms with van der Waals surface area (Å²) >= 11 is 0. The van der Waals surface area contributed by atoms with Crippen LogP contribution in [0, 0.1) is 10.1 Å². The summed E-state index contributed by atoms with van der Waals surface area (Å²) in [5.74, 6) is 0. The molecule has 0 bridgehead atoms. The fraction of sp³-hybridized carbons (Fsp3) is 0.231. The number of fused-ring (bicyclic) bond motifs is 3. The van der Waals surface area contributed by atoms with E-state index in [9.17, 15) is 14.9 Å². The van der Waals surface area contributed by atoms with E-state index in [0.29, 0.717) is 28.4 Å². The first-order valence-electron chi connectivity index (χ1n) is 6.17. The number of nitro benzene ring substituents is 1. The van der Waals surface area contributed by atoms with Gasteiger partial charge in [-0.1, -0.05) is 0 Å². The van der Waals surface area contributed by atoms with Crippen LogP contribution in [0.1, 0.15) is 6.92 Å². The Morgan fingerprint density at radius 2 is 2.10 bits per heavy atom. The van der Waals surface area contributed by atoms with Crippen molar-refractivity contribution in [2.24, 2.45) is 7.05 Å². The molecule has 0 aliphatic heterocycles. The highest BCUT2D eigenvalue weighted by atomic mass is 16.6. The average Bonchev–Trinajstić information content (AvgIpc) is 2.81. The highest BCUT2D eigenvalue weighted by molar-refractivity contribution is 6.05. The molecule has 0 fully saturated rings. The maximum absolute atomic E-state index is 12.4. The van der Waals surface area contributed by atoms with Gasteiger partial charge in [0.15, 0.2) is 0 Å². The van der Waals surface area contributed by atoms with Crippen molar-refractivity contribution < 1.29 is 4.92 Å². The smallest absolute Gasteiger partial charge is 0.277 e. The first-order chi connectivity index (χ1) is 9.54. The summed E-state index contributed by atoms with van der Waals surface area (Å²) in [4.78, 5) is 22.9. The van der Waals surface area contributed by atoms with Gasteiger partial charge in [0.05, 0.1) is 16.6 Å².